The minimum absolute atomic E-state index is 0.163. The molecule has 12 heavy (non-hydrogen) atoms. The summed E-state index contributed by atoms with van der Waals surface area (Å²) < 4.78 is 0. The van der Waals surface area contributed by atoms with Crippen LogP contribution >= 0.6 is 0 Å². The van der Waals surface area contributed by atoms with Crippen LogP contribution in [0, 0.1) is 0 Å². The zero-order valence-electron chi connectivity index (χ0n) is 7.84. The molecular weight excluding hydrogens is 154 g/mol. The van der Waals surface area contributed by atoms with Crippen molar-refractivity contribution in [2.75, 3.05) is 19.6 Å². The zero-order chi connectivity index (χ0) is 9.40. The third-order valence-corrected chi connectivity index (χ3v) is 1.68. The lowest BCUT2D eigenvalue weighted by Gasteiger charge is -2.18. The first kappa shape index (κ1) is 10.9. The fourth-order valence-electron chi connectivity index (χ4n) is 0.976. The highest BCUT2D eigenvalue weighted by atomic mass is 16.2. The van der Waals surface area contributed by atoms with Crippen LogP contribution in [0.4, 0.5) is 0 Å². The van der Waals surface area contributed by atoms with E-state index in [1.54, 1.807) is 4.90 Å². The number of carbonyl (C=O) groups excluding carboxylic acids is 1. The predicted octanol–water partition coefficient (Wildman–Crippen LogP) is 0.450. The first-order valence-electron chi connectivity index (χ1n) is 4.22. The second-order valence-corrected chi connectivity index (χ2v) is 2.38. The van der Waals surface area contributed by atoms with Crippen molar-refractivity contribution in [3.8, 4) is 0 Å². The number of hydrogen-bond donors (Lipinski definition) is 1. The van der Waals surface area contributed by atoms with Gasteiger partial charge in [-0.05, 0) is 13.8 Å². The van der Waals surface area contributed by atoms with Crippen LogP contribution in [-0.2, 0) is 4.79 Å². The minimum atomic E-state index is 0.163. The number of hydrogen-bond acceptors (Lipinski definition) is 3. The highest BCUT2D eigenvalue weighted by Crippen LogP contribution is 1.92. The summed E-state index contributed by atoms with van der Waals surface area (Å²) >= 11 is 0. The Morgan fingerprint density at radius 1 is 1.50 bits per heavy atom. The maximum Gasteiger partial charge on any atom is 0.224 e. The van der Waals surface area contributed by atoms with Crippen molar-refractivity contribution in [3.63, 3.8) is 0 Å². The Morgan fingerprint density at radius 2 is 2.08 bits per heavy atom. The Kier molecular flexibility index (Phi) is 6.05. The predicted molar refractivity (Wildman–Crippen MR) is 50.1 cm³/mol. The maximum absolute atomic E-state index is 11.3. The van der Waals surface area contributed by atoms with E-state index in [1.807, 2.05) is 13.8 Å². The van der Waals surface area contributed by atoms with Crippen LogP contribution in [0.3, 0.4) is 0 Å². The summed E-state index contributed by atoms with van der Waals surface area (Å²) in [5.41, 5.74) is 2.65. The molecule has 4 nitrogen and oxygen atoms in total. The number of nitrogens with one attached hydrogen (secondary N) is 1. The van der Waals surface area contributed by atoms with Gasteiger partial charge in [-0.1, -0.05) is 0 Å². The molecule has 70 valence electrons. The van der Waals surface area contributed by atoms with E-state index in [0.29, 0.717) is 13.0 Å². The molecule has 0 saturated carbocycles. The van der Waals surface area contributed by atoms with Gasteiger partial charge in [0.1, 0.15) is 0 Å². The molecule has 0 aromatic rings. The van der Waals surface area contributed by atoms with Gasteiger partial charge in [-0.15, -0.1) is 0 Å². The highest BCUT2D eigenvalue weighted by Gasteiger charge is 2.07. The van der Waals surface area contributed by atoms with Crippen molar-refractivity contribution >= 4 is 12.6 Å². The Hall–Kier alpha value is -1.06. The van der Waals surface area contributed by atoms with Crippen LogP contribution in [0.2, 0.25) is 0 Å². The van der Waals surface area contributed by atoms with Crippen molar-refractivity contribution in [3.05, 3.63) is 0 Å². The van der Waals surface area contributed by atoms with Gasteiger partial charge >= 0.3 is 0 Å². The van der Waals surface area contributed by atoms with Gasteiger partial charge in [-0.3, -0.25) is 4.79 Å². The average molecular weight is 171 g/mol. The van der Waals surface area contributed by atoms with E-state index in [9.17, 15) is 4.79 Å². The summed E-state index contributed by atoms with van der Waals surface area (Å²) in [4.78, 5) is 13.1. The maximum atomic E-state index is 11.3. The molecule has 0 aromatic heterocycles. The first-order chi connectivity index (χ1) is 5.76. The molecule has 0 aliphatic carbocycles. The van der Waals surface area contributed by atoms with Gasteiger partial charge in [0.2, 0.25) is 5.91 Å². The van der Waals surface area contributed by atoms with Crippen LogP contribution < -0.4 is 5.43 Å². The summed E-state index contributed by atoms with van der Waals surface area (Å²) in [7, 11) is 0. The van der Waals surface area contributed by atoms with E-state index in [-0.39, 0.29) is 5.91 Å². The Balaban J connectivity index is 3.61. The summed E-state index contributed by atoms with van der Waals surface area (Å²) in [6.45, 7) is 9.32. The Bertz CT molecular complexity index is 143. The van der Waals surface area contributed by atoms with Gasteiger partial charge in [0.15, 0.2) is 0 Å². The molecule has 4 heteroatoms. The molecular formula is C8H17N3O. The second kappa shape index (κ2) is 6.64. The Morgan fingerprint density at radius 3 is 2.50 bits per heavy atom. The number of rotatable bonds is 6. The minimum Gasteiger partial charge on any atom is -0.343 e. The van der Waals surface area contributed by atoms with Crippen LogP contribution in [0.1, 0.15) is 20.3 Å². The van der Waals surface area contributed by atoms with E-state index in [0.717, 1.165) is 13.1 Å². The topological polar surface area (TPSA) is 44.7 Å². The van der Waals surface area contributed by atoms with Gasteiger partial charge in [0.05, 0.1) is 0 Å². The van der Waals surface area contributed by atoms with Gasteiger partial charge < -0.3 is 10.3 Å². The van der Waals surface area contributed by atoms with E-state index in [1.165, 1.54) is 0 Å². The quantitative estimate of drug-likeness (QED) is 0.358. The molecule has 1 amide bonds. The lowest BCUT2D eigenvalue weighted by atomic mass is 10.3. The van der Waals surface area contributed by atoms with E-state index in [4.69, 9.17) is 0 Å². The fraction of sp³-hybridized carbons (Fsp3) is 0.750. The first-order valence-corrected chi connectivity index (χ1v) is 4.22. The van der Waals surface area contributed by atoms with E-state index in [2.05, 4.69) is 17.2 Å². The molecule has 1 N–H and O–H groups in total. The molecule has 0 spiro atoms. The number of carbonyl (C=O) groups is 1. The highest BCUT2D eigenvalue weighted by molar-refractivity contribution is 5.76. The van der Waals surface area contributed by atoms with Crippen molar-refractivity contribution in [2.45, 2.75) is 20.3 Å². The average Bonchev–Trinajstić information content (AvgIpc) is 2.07. The lowest BCUT2D eigenvalue weighted by Crippen LogP contribution is -2.32. The second-order valence-electron chi connectivity index (χ2n) is 2.38. The monoisotopic (exact) mass is 171 g/mol. The summed E-state index contributed by atoms with van der Waals surface area (Å²) in [5.74, 6) is 0.163. The zero-order valence-corrected chi connectivity index (χ0v) is 7.84. The summed E-state index contributed by atoms with van der Waals surface area (Å²) in [6, 6.07) is 0. The molecule has 0 heterocycles. The number of amides is 1. The van der Waals surface area contributed by atoms with Gasteiger partial charge in [0, 0.05) is 32.8 Å². The van der Waals surface area contributed by atoms with Crippen molar-refractivity contribution in [1.29, 1.82) is 0 Å². The normalized spacial score (nSPS) is 9.17. The SMILES string of the molecule is C=NNCCC(=O)N(CC)CC. The standard InChI is InChI=1S/C8H17N3O/c1-4-11(5-2)8(12)6-7-10-9-3/h10H,3-7H2,1-2H3. The summed E-state index contributed by atoms with van der Waals surface area (Å²) in [6.07, 6.45) is 0.487. The number of hydrazone groups is 1. The van der Waals surface area contributed by atoms with E-state index >= 15 is 0 Å². The molecule has 0 radical (unpaired) electrons. The van der Waals surface area contributed by atoms with Crippen LogP contribution in [0.25, 0.3) is 0 Å². The van der Waals surface area contributed by atoms with Crippen molar-refractivity contribution < 1.29 is 4.79 Å². The van der Waals surface area contributed by atoms with Crippen LogP contribution in [-0.4, -0.2) is 37.2 Å². The molecule has 0 saturated heterocycles. The van der Waals surface area contributed by atoms with Crippen molar-refractivity contribution in [1.82, 2.24) is 10.3 Å². The fourth-order valence-corrected chi connectivity index (χ4v) is 0.976. The van der Waals surface area contributed by atoms with Crippen molar-refractivity contribution in [2.24, 2.45) is 5.10 Å². The molecule has 0 bridgehead atoms. The van der Waals surface area contributed by atoms with Gasteiger partial charge in [-0.25, -0.2) is 0 Å². The van der Waals surface area contributed by atoms with Gasteiger partial charge in [-0.2, -0.15) is 5.10 Å². The lowest BCUT2D eigenvalue weighted by molar-refractivity contribution is -0.130. The molecule has 0 fully saturated rings. The van der Waals surface area contributed by atoms with E-state index < -0.39 is 0 Å². The van der Waals surface area contributed by atoms with Gasteiger partial charge in [0.25, 0.3) is 0 Å². The summed E-state index contributed by atoms with van der Waals surface area (Å²) in [5, 5.41) is 3.45. The Labute approximate surface area is 73.6 Å². The third-order valence-electron chi connectivity index (χ3n) is 1.68. The third kappa shape index (κ3) is 3.95. The smallest absolute Gasteiger partial charge is 0.224 e. The molecule has 0 atom stereocenters. The molecule has 0 rings (SSSR count). The molecule has 0 unspecified atom stereocenters. The largest absolute Gasteiger partial charge is 0.343 e. The van der Waals surface area contributed by atoms with Crippen LogP contribution in [0.5, 0.6) is 0 Å². The molecule has 0 aromatic carbocycles. The van der Waals surface area contributed by atoms with Crippen LogP contribution in [0.15, 0.2) is 5.10 Å². The molecule has 0 aliphatic heterocycles. The molecule has 0 aliphatic rings. The number of nitrogens with zero attached hydrogens (tertiary/aromatic N) is 2.